The van der Waals surface area contributed by atoms with Crippen molar-refractivity contribution in [3.8, 4) is 5.75 Å². The summed E-state index contributed by atoms with van der Waals surface area (Å²) in [6.07, 6.45) is 0.0148. The Labute approximate surface area is 290 Å². The smallest absolute Gasteiger partial charge is 0.416 e. The number of nitrogens with zero attached hydrogens (tertiary/aromatic N) is 2. The highest BCUT2D eigenvalue weighted by molar-refractivity contribution is 6.74. The molecule has 0 spiro atoms. The number of benzene rings is 1. The molecule has 1 aliphatic carbocycles. The number of hydrogen-bond acceptors (Lipinski definition) is 6. The summed E-state index contributed by atoms with van der Waals surface area (Å²) in [5.74, 6) is -0.807. The number of halogens is 4. The minimum Gasteiger partial charge on any atom is -0.416 e. The summed E-state index contributed by atoms with van der Waals surface area (Å²) in [5, 5.41) is 3.23. The number of carbonyl (C=O) groups is 1. The molecule has 0 unspecified atom stereocenters. The van der Waals surface area contributed by atoms with E-state index in [2.05, 4.69) is 82.8 Å². The highest BCUT2D eigenvalue weighted by Gasteiger charge is 2.50. The van der Waals surface area contributed by atoms with Crippen molar-refractivity contribution in [1.29, 1.82) is 0 Å². The number of ketones is 1. The molecule has 1 fully saturated rings. The van der Waals surface area contributed by atoms with Crippen molar-refractivity contribution >= 4 is 28.1 Å². The lowest BCUT2D eigenvalue weighted by Gasteiger charge is -2.41. The SMILES string of the molecule is CC(C)(C)[Si](C)(C)OC[C@H]1C[C@@H](Nc2ccncc2C(=O)c2ccn(Cc3cccc(OC(F)(F)F)c3)c2)[C@@H](F)[C@@H]1O[Si](C)(C)C(C)(C)C. The van der Waals surface area contributed by atoms with Crippen LogP contribution < -0.4 is 10.1 Å². The van der Waals surface area contributed by atoms with Gasteiger partial charge in [-0.3, -0.25) is 9.78 Å². The first-order chi connectivity index (χ1) is 22.5. The van der Waals surface area contributed by atoms with Gasteiger partial charge in [-0.15, -0.1) is 13.2 Å². The predicted octanol–water partition coefficient (Wildman–Crippen LogP) is 9.61. The summed E-state index contributed by atoms with van der Waals surface area (Å²) >= 11 is 0. The Morgan fingerprint density at radius 3 is 2.31 bits per heavy atom. The van der Waals surface area contributed by atoms with E-state index < -0.39 is 41.3 Å². The Morgan fingerprint density at radius 2 is 1.67 bits per heavy atom. The van der Waals surface area contributed by atoms with E-state index in [0.717, 1.165) is 0 Å². The van der Waals surface area contributed by atoms with E-state index in [0.29, 0.717) is 29.8 Å². The maximum Gasteiger partial charge on any atom is 0.573 e. The van der Waals surface area contributed by atoms with Crippen LogP contribution in [-0.2, 0) is 15.4 Å². The third-order valence-electron chi connectivity index (χ3n) is 10.3. The third-order valence-corrected chi connectivity index (χ3v) is 19.3. The van der Waals surface area contributed by atoms with Crippen LogP contribution in [0.2, 0.25) is 36.3 Å². The molecule has 7 nitrogen and oxygen atoms in total. The molecule has 3 aromatic rings. The molecule has 49 heavy (non-hydrogen) atoms. The molecule has 1 aliphatic rings. The summed E-state index contributed by atoms with van der Waals surface area (Å²) in [6, 6.07) is 8.39. The van der Waals surface area contributed by atoms with Crippen LogP contribution in [0.5, 0.6) is 5.75 Å². The molecule has 2 heterocycles. The number of pyridine rings is 1. The van der Waals surface area contributed by atoms with Crippen LogP contribution in [0.25, 0.3) is 0 Å². The maximum absolute atomic E-state index is 16.6. The van der Waals surface area contributed by atoms with Crippen molar-refractivity contribution in [2.45, 2.75) is 115 Å². The molecule has 0 aliphatic heterocycles. The molecule has 0 bridgehead atoms. The lowest BCUT2D eigenvalue weighted by atomic mass is 10.1. The second-order valence-electron chi connectivity index (χ2n) is 16.1. The minimum atomic E-state index is -4.79. The van der Waals surface area contributed by atoms with Crippen molar-refractivity contribution in [2.75, 3.05) is 11.9 Å². The molecule has 13 heteroatoms. The summed E-state index contributed by atoms with van der Waals surface area (Å²) in [5.41, 5.74) is 1.68. The van der Waals surface area contributed by atoms with Gasteiger partial charge >= 0.3 is 6.36 Å². The Morgan fingerprint density at radius 1 is 1.00 bits per heavy atom. The number of nitrogens with one attached hydrogen (secondary N) is 1. The molecule has 0 saturated heterocycles. The number of hydrogen-bond donors (Lipinski definition) is 1. The maximum atomic E-state index is 16.6. The van der Waals surface area contributed by atoms with Gasteiger partial charge in [-0.2, -0.15) is 0 Å². The number of rotatable bonds is 12. The molecule has 270 valence electrons. The van der Waals surface area contributed by atoms with Gasteiger partial charge in [-0.05, 0) is 72.5 Å². The number of aromatic nitrogens is 2. The van der Waals surface area contributed by atoms with E-state index in [-0.39, 0.29) is 39.6 Å². The summed E-state index contributed by atoms with van der Waals surface area (Å²) in [7, 11) is -4.44. The molecule has 2 aromatic heterocycles. The Hall–Kier alpha value is -3.01. The lowest BCUT2D eigenvalue weighted by molar-refractivity contribution is -0.274. The molecule has 4 rings (SSSR count). The first-order valence-electron chi connectivity index (χ1n) is 16.7. The minimum absolute atomic E-state index is 0.00493. The molecule has 0 radical (unpaired) electrons. The van der Waals surface area contributed by atoms with Crippen LogP contribution in [0.3, 0.4) is 0 Å². The summed E-state index contributed by atoms with van der Waals surface area (Å²) in [4.78, 5) is 17.9. The molecule has 1 N–H and O–H groups in total. The first-order valence-corrected chi connectivity index (χ1v) is 22.5. The van der Waals surface area contributed by atoms with Gasteiger partial charge in [-0.1, -0.05) is 53.7 Å². The molecule has 4 atom stereocenters. The van der Waals surface area contributed by atoms with Crippen molar-refractivity contribution in [1.82, 2.24) is 9.55 Å². The van der Waals surface area contributed by atoms with Crippen LogP contribution in [0.15, 0.2) is 61.2 Å². The first kappa shape index (κ1) is 38.8. The van der Waals surface area contributed by atoms with E-state index in [1.165, 1.54) is 24.4 Å². The molecule has 1 aromatic carbocycles. The average Bonchev–Trinajstić information content (AvgIpc) is 3.54. The lowest BCUT2D eigenvalue weighted by Crippen LogP contribution is -2.49. The van der Waals surface area contributed by atoms with Crippen LogP contribution in [0.1, 0.15) is 69.4 Å². The Kier molecular flexibility index (Phi) is 11.3. The highest BCUT2D eigenvalue weighted by atomic mass is 28.4. The van der Waals surface area contributed by atoms with E-state index in [1.54, 1.807) is 41.4 Å². The van der Waals surface area contributed by atoms with E-state index >= 15 is 4.39 Å². The van der Waals surface area contributed by atoms with Crippen molar-refractivity contribution in [2.24, 2.45) is 5.92 Å². The van der Waals surface area contributed by atoms with Gasteiger partial charge in [-0.25, -0.2) is 4.39 Å². The Balaban J connectivity index is 1.53. The standard InChI is InChI=1S/C36H51F4N3O4Si2/c1-34(2,3)48(7,8)45-23-26-19-30(31(37)33(26)47-49(9,10)35(4,5)6)42-29-14-16-41-20-28(29)32(44)25-15-17-43(22-25)21-24-12-11-13-27(18-24)46-36(38,39)40/h11-18,20,22,26,30-31,33H,19,21,23H2,1-10H3,(H,41,42)/t26-,30-,31-,33-/m1/s1. The fraction of sp³-hybridized carbons (Fsp3) is 0.556. The topological polar surface area (TPSA) is 74.6 Å². The van der Waals surface area contributed by atoms with Crippen LogP contribution in [0, 0.1) is 5.92 Å². The fourth-order valence-electron chi connectivity index (χ4n) is 5.37. The second-order valence-corrected chi connectivity index (χ2v) is 25.7. The van der Waals surface area contributed by atoms with Gasteiger partial charge in [0.1, 0.15) is 11.9 Å². The van der Waals surface area contributed by atoms with Gasteiger partial charge in [0, 0.05) is 55.1 Å². The van der Waals surface area contributed by atoms with Gasteiger partial charge in [0.15, 0.2) is 22.4 Å². The largest absolute Gasteiger partial charge is 0.573 e. The molecular formula is C36H51F4N3O4Si2. The van der Waals surface area contributed by atoms with Gasteiger partial charge in [0.05, 0.1) is 17.7 Å². The molecular weight excluding hydrogens is 671 g/mol. The van der Waals surface area contributed by atoms with E-state index in [9.17, 15) is 18.0 Å². The van der Waals surface area contributed by atoms with Crippen LogP contribution >= 0.6 is 0 Å². The average molecular weight is 722 g/mol. The monoisotopic (exact) mass is 721 g/mol. The third kappa shape index (κ3) is 9.62. The van der Waals surface area contributed by atoms with Gasteiger partial charge in [0.25, 0.3) is 0 Å². The summed E-state index contributed by atoms with van der Waals surface area (Å²) in [6.45, 7) is 22.2. The molecule has 0 amide bonds. The van der Waals surface area contributed by atoms with Gasteiger partial charge < -0.3 is 23.5 Å². The van der Waals surface area contributed by atoms with Crippen LogP contribution in [-0.4, -0.2) is 63.3 Å². The number of ether oxygens (including phenoxy) is 1. The zero-order valence-electron chi connectivity index (χ0n) is 30.2. The normalized spacial score (nSPS) is 20.8. The van der Waals surface area contributed by atoms with E-state index in [1.807, 2.05) is 0 Å². The van der Waals surface area contributed by atoms with Crippen molar-refractivity contribution in [3.63, 3.8) is 0 Å². The van der Waals surface area contributed by atoms with Gasteiger partial charge in [0.2, 0.25) is 0 Å². The van der Waals surface area contributed by atoms with Crippen molar-refractivity contribution < 1.29 is 35.9 Å². The summed E-state index contributed by atoms with van der Waals surface area (Å²) < 4.78 is 73.7. The Bertz CT molecular complexity index is 1600. The number of anilines is 1. The highest BCUT2D eigenvalue weighted by Crippen LogP contribution is 2.44. The fourth-order valence-corrected chi connectivity index (χ4v) is 7.79. The zero-order valence-corrected chi connectivity index (χ0v) is 32.2. The zero-order chi connectivity index (χ0) is 36.6. The number of carbonyl (C=O) groups excluding carboxylic acids is 1. The molecule has 1 saturated carbocycles. The number of alkyl halides is 4. The van der Waals surface area contributed by atoms with Crippen LogP contribution in [0.4, 0.5) is 23.2 Å². The predicted molar refractivity (Wildman–Crippen MR) is 190 cm³/mol. The van der Waals surface area contributed by atoms with E-state index in [4.69, 9.17) is 8.85 Å². The quantitative estimate of drug-likeness (QED) is 0.114. The second kappa shape index (κ2) is 14.3. The van der Waals surface area contributed by atoms with Crippen molar-refractivity contribution in [3.05, 3.63) is 77.9 Å².